The number of furan rings is 1. The Labute approximate surface area is 242 Å². The van der Waals surface area contributed by atoms with Crippen molar-refractivity contribution in [3.63, 3.8) is 0 Å². The Morgan fingerprint density at radius 1 is 0.585 bits per heavy atom. The topological polar surface area (TPSA) is 70.5 Å². The van der Waals surface area contributed by atoms with Gasteiger partial charge in [-0.25, -0.2) is 9.97 Å². The summed E-state index contributed by atoms with van der Waals surface area (Å²) in [5.74, 6) is 0. The maximum atomic E-state index is 6.30. The molecule has 2 aliphatic rings. The van der Waals surface area contributed by atoms with E-state index in [0.29, 0.717) is 0 Å². The second-order valence-electron chi connectivity index (χ2n) is 11.2. The van der Waals surface area contributed by atoms with Crippen molar-refractivity contribution in [1.29, 1.82) is 0 Å². The Morgan fingerprint density at radius 2 is 1.20 bits per heavy atom. The summed E-state index contributed by atoms with van der Waals surface area (Å²) in [6, 6.07) is 12.7. The van der Waals surface area contributed by atoms with Crippen LogP contribution >= 0.6 is 0 Å². The summed E-state index contributed by atoms with van der Waals surface area (Å²) >= 11 is 0. The minimum atomic E-state index is 0.807. The van der Waals surface area contributed by atoms with E-state index in [-0.39, 0.29) is 0 Å². The molecule has 0 unspecified atom stereocenters. The predicted molar refractivity (Wildman–Crippen MR) is 173 cm³/mol. The summed E-state index contributed by atoms with van der Waals surface area (Å²) in [5.41, 5.74) is 20.3. The highest BCUT2D eigenvalue weighted by Gasteiger charge is 2.22. The van der Waals surface area contributed by atoms with Crippen molar-refractivity contribution >= 4 is 55.5 Å². The van der Waals surface area contributed by atoms with Crippen LogP contribution in [0.25, 0.3) is 55.5 Å². The SMILES string of the molecule is CCC1=C(C)c2cc3nc(c4[nH]c(cc5[nH]c(cc6ccc(cc1n2)o6)c(CC)c5C)c(CC)c4C)C(C)=C3CC. The molecule has 5 heteroatoms. The summed E-state index contributed by atoms with van der Waals surface area (Å²) in [7, 11) is 0. The summed E-state index contributed by atoms with van der Waals surface area (Å²) in [4.78, 5) is 17.9. The molecule has 0 saturated carbocycles. The van der Waals surface area contributed by atoms with Crippen LogP contribution in [0.2, 0.25) is 0 Å². The summed E-state index contributed by atoms with van der Waals surface area (Å²) in [5, 5.41) is 0. The first kappa shape index (κ1) is 27.1. The number of hydrogen-bond acceptors (Lipinski definition) is 3. The van der Waals surface area contributed by atoms with E-state index in [1.165, 1.54) is 44.5 Å². The van der Waals surface area contributed by atoms with Gasteiger partial charge in [-0.3, -0.25) is 0 Å². The van der Waals surface area contributed by atoms with Gasteiger partial charge in [-0.15, -0.1) is 0 Å². The van der Waals surface area contributed by atoms with Gasteiger partial charge >= 0.3 is 0 Å². The highest BCUT2D eigenvalue weighted by atomic mass is 16.3. The normalized spacial score (nSPS) is 13.6. The van der Waals surface area contributed by atoms with E-state index in [2.05, 4.69) is 89.6 Å². The van der Waals surface area contributed by atoms with E-state index in [9.17, 15) is 0 Å². The summed E-state index contributed by atoms with van der Waals surface area (Å²) < 4.78 is 6.30. The van der Waals surface area contributed by atoms with Crippen molar-refractivity contribution in [2.45, 2.75) is 81.1 Å². The number of rotatable bonds is 4. The van der Waals surface area contributed by atoms with E-state index in [1.54, 1.807) is 0 Å². The molecular weight excluding hydrogens is 504 g/mol. The number of aromatic nitrogens is 4. The molecule has 210 valence electrons. The van der Waals surface area contributed by atoms with Crippen LogP contribution in [0.15, 0.2) is 40.8 Å². The summed E-state index contributed by atoms with van der Waals surface area (Å²) in [6.07, 6.45) is 3.70. The minimum Gasteiger partial charge on any atom is -0.457 e. The third kappa shape index (κ3) is 4.39. The number of H-pyrrole nitrogens is 2. The van der Waals surface area contributed by atoms with Crippen molar-refractivity contribution in [1.82, 2.24) is 19.9 Å². The Bertz CT molecular complexity index is 1970. The monoisotopic (exact) mass is 544 g/mol. The van der Waals surface area contributed by atoms with Crippen molar-refractivity contribution in [3.8, 4) is 0 Å². The number of aryl methyl sites for hydroxylation is 4. The zero-order valence-electron chi connectivity index (χ0n) is 25.6. The molecule has 0 aromatic carbocycles. The first-order valence-corrected chi connectivity index (χ1v) is 15.0. The average Bonchev–Trinajstić information content (AvgIpc) is 3.73. The molecular formula is C36H40N4O. The molecule has 2 N–H and O–H groups in total. The fraction of sp³-hybridized carbons (Fsp3) is 0.333. The van der Waals surface area contributed by atoms with Gasteiger partial charge in [0.25, 0.3) is 0 Å². The molecule has 0 spiro atoms. The van der Waals surface area contributed by atoms with E-state index in [4.69, 9.17) is 14.4 Å². The number of nitrogens with one attached hydrogen (secondary N) is 2. The van der Waals surface area contributed by atoms with Crippen LogP contribution in [0.3, 0.4) is 0 Å². The Morgan fingerprint density at radius 3 is 1.88 bits per heavy atom. The number of allylic oxidation sites excluding steroid dienone is 4. The molecule has 0 fully saturated rings. The molecule has 10 bridgehead atoms. The van der Waals surface area contributed by atoms with Crippen molar-refractivity contribution in [2.75, 3.05) is 0 Å². The smallest absolute Gasteiger partial charge is 0.129 e. The lowest BCUT2D eigenvalue weighted by Gasteiger charge is -2.01. The van der Waals surface area contributed by atoms with Gasteiger partial charge in [-0.05, 0) is 122 Å². The maximum Gasteiger partial charge on any atom is 0.129 e. The van der Waals surface area contributed by atoms with Gasteiger partial charge in [0.1, 0.15) is 11.2 Å². The fourth-order valence-corrected chi connectivity index (χ4v) is 6.70. The zero-order valence-corrected chi connectivity index (χ0v) is 25.6. The molecule has 4 aromatic heterocycles. The van der Waals surface area contributed by atoms with Gasteiger partial charge in [0.2, 0.25) is 0 Å². The lowest BCUT2D eigenvalue weighted by atomic mass is 10.0. The van der Waals surface area contributed by atoms with Crippen LogP contribution in [0.4, 0.5) is 0 Å². The highest BCUT2D eigenvalue weighted by Crippen LogP contribution is 2.38. The van der Waals surface area contributed by atoms with Crippen LogP contribution < -0.4 is 0 Å². The third-order valence-corrected chi connectivity index (χ3v) is 9.03. The van der Waals surface area contributed by atoms with Crippen molar-refractivity contribution in [2.24, 2.45) is 0 Å². The first-order valence-electron chi connectivity index (χ1n) is 15.0. The molecule has 0 aliphatic carbocycles. The predicted octanol–water partition coefficient (Wildman–Crippen LogP) is 10.0. The molecule has 0 amide bonds. The first-order chi connectivity index (χ1) is 19.8. The number of nitrogens with zero attached hydrogens (tertiary/aromatic N) is 2. The average molecular weight is 545 g/mol. The fourth-order valence-electron chi connectivity index (χ4n) is 6.70. The van der Waals surface area contributed by atoms with Crippen LogP contribution in [0.1, 0.15) is 99.4 Å². The molecule has 2 aliphatic heterocycles. The Kier molecular flexibility index (Phi) is 6.85. The van der Waals surface area contributed by atoms with Gasteiger partial charge in [0, 0.05) is 28.7 Å². The van der Waals surface area contributed by atoms with Crippen LogP contribution in [0, 0.1) is 13.8 Å². The molecule has 41 heavy (non-hydrogen) atoms. The Hall–Kier alpha value is -4.12. The molecule has 0 atom stereocenters. The number of aromatic amines is 2. The molecule has 6 rings (SSSR count). The highest BCUT2D eigenvalue weighted by molar-refractivity contribution is 5.98. The van der Waals surface area contributed by atoms with Gasteiger partial charge in [0.15, 0.2) is 0 Å². The largest absolute Gasteiger partial charge is 0.457 e. The molecule has 0 saturated heterocycles. The second-order valence-corrected chi connectivity index (χ2v) is 11.2. The van der Waals surface area contributed by atoms with Crippen LogP contribution in [-0.2, 0) is 12.8 Å². The van der Waals surface area contributed by atoms with Crippen molar-refractivity contribution < 1.29 is 4.42 Å². The Balaban J connectivity index is 1.81. The van der Waals surface area contributed by atoms with E-state index in [0.717, 1.165) is 81.7 Å². The van der Waals surface area contributed by atoms with Gasteiger partial charge in [0.05, 0.1) is 28.3 Å². The van der Waals surface area contributed by atoms with Crippen molar-refractivity contribution in [3.05, 3.63) is 81.4 Å². The van der Waals surface area contributed by atoms with Gasteiger partial charge in [-0.2, -0.15) is 0 Å². The van der Waals surface area contributed by atoms with Gasteiger partial charge in [-0.1, -0.05) is 27.7 Å². The minimum absolute atomic E-state index is 0.807. The standard InChI is InChI=1S/C36H40N4O/c1-9-25-19(5)29-17-33-27(11-3)21(7)35(39-33)36-22(8)28(12-4)34(40-36)18-30-20(6)26(10-2)32(38-30)16-24-14-13-23(41-24)15-31(25)37-29/h13-18,37,39H,9-12H2,1-8H3. The quantitative estimate of drug-likeness (QED) is 0.268. The van der Waals surface area contributed by atoms with Crippen LogP contribution in [-0.4, -0.2) is 19.9 Å². The van der Waals surface area contributed by atoms with Crippen LogP contribution in [0.5, 0.6) is 0 Å². The third-order valence-electron chi connectivity index (χ3n) is 9.03. The molecule has 5 nitrogen and oxygen atoms in total. The van der Waals surface area contributed by atoms with E-state index >= 15 is 0 Å². The second kappa shape index (κ2) is 10.4. The zero-order chi connectivity index (χ0) is 29.0. The molecule has 0 radical (unpaired) electrons. The van der Waals surface area contributed by atoms with Gasteiger partial charge < -0.3 is 14.4 Å². The maximum absolute atomic E-state index is 6.30. The van der Waals surface area contributed by atoms with E-state index in [1.807, 2.05) is 12.1 Å². The number of hydrogen-bond donors (Lipinski definition) is 2. The lowest BCUT2D eigenvalue weighted by molar-refractivity contribution is 0.665. The molecule has 6 heterocycles. The lowest BCUT2D eigenvalue weighted by Crippen LogP contribution is -1.84. The molecule has 4 aromatic rings. The van der Waals surface area contributed by atoms with E-state index < -0.39 is 0 Å². The summed E-state index contributed by atoms with van der Waals surface area (Å²) in [6.45, 7) is 17.7. The number of fused-ring (bicyclic) bond motifs is 11.